The van der Waals surface area contributed by atoms with Crippen molar-refractivity contribution < 1.29 is 0 Å². The molecule has 0 radical (unpaired) electrons. The van der Waals surface area contributed by atoms with E-state index < -0.39 is 0 Å². The van der Waals surface area contributed by atoms with Gasteiger partial charge >= 0.3 is 0 Å². The summed E-state index contributed by atoms with van der Waals surface area (Å²) in [4.78, 5) is 2.50. The van der Waals surface area contributed by atoms with Crippen molar-refractivity contribution in [1.29, 1.82) is 0 Å². The lowest BCUT2D eigenvalue weighted by atomic mass is 10.2. The molecule has 0 amide bonds. The summed E-state index contributed by atoms with van der Waals surface area (Å²) in [6.45, 7) is 3.22. The van der Waals surface area contributed by atoms with E-state index in [1.165, 1.54) is 42.6 Å². The summed E-state index contributed by atoms with van der Waals surface area (Å²) in [6, 6.07) is 2.53. The van der Waals surface area contributed by atoms with Crippen molar-refractivity contribution in [3.63, 3.8) is 0 Å². The third-order valence-electron chi connectivity index (χ3n) is 4.41. The van der Waals surface area contributed by atoms with E-state index in [4.69, 9.17) is 0 Å². The number of aryl methyl sites for hydroxylation is 1. The van der Waals surface area contributed by atoms with E-state index in [1.807, 2.05) is 12.3 Å². The second kappa shape index (κ2) is 4.49. The zero-order chi connectivity index (χ0) is 12.7. The highest BCUT2D eigenvalue weighted by Gasteiger charge is 2.26. The maximum atomic E-state index is 4.50. The van der Waals surface area contributed by atoms with Gasteiger partial charge < -0.3 is 0 Å². The molecule has 0 saturated carbocycles. The van der Waals surface area contributed by atoms with E-state index in [1.54, 1.807) is 0 Å². The van der Waals surface area contributed by atoms with E-state index in [0.29, 0.717) is 6.04 Å². The Bertz CT molecular complexity index is 556. The molecule has 5 heteroatoms. The maximum absolute atomic E-state index is 4.50. The van der Waals surface area contributed by atoms with Gasteiger partial charge in [-0.25, -0.2) is 0 Å². The number of H-pyrrole nitrogens is 1. The van der Waals surface area contributed by atoms with E-state index >= 15 is 0 Å². The third-order valence-corrected chi connectivity index (χ3v) is 4.41. The van der Waals surface area contributed by atoms with Crippen molar-refractivity contribution in [1.82, 2.24) is 24.9 Å². The highest BCUT2D eigenvalue weighted by Crippen LogP contribution is 2.26. The van der Waals surface area contributed by atoms with Crippen LogP contribution in [0.4, 0.5) is 0 Å². The summed E-state index contributed by atoms with van der Waals surface area (Å²) in [5.74, 6) is 0. The average molecular weight is 257 g/mol. The summed E-state index contributed by atoms with van der Waals surface area (Å²) < 4.78 is 2.09. The largest absolute Gasteiger partial charge is 0.295 e. The number of nitrogens with zero attached hydrogens (tertiary/aromatic N) is 4. The van der Waals surface area contributed by atoms with Crippen LogP contribution < -0.4 is 0 Å². The Labute approximate surface area is 112 Å². The van der Waals surface area contributed by atoms with Gasteiger partial charge in [0.25, 0.3) is 0 Å². The zero-order valence-electron chi connectivity index (χ0n) is 11.0. The van der Waals surface area contributed by atoms with Crippen LogP contribution in [-0.4, -0.2) is 38.0 Å². The molecule has 100 valence electrons. The van der Waals surface area contributed by atoms with E-state index in [2.05, 4.69) is 31.1 Å². The molecule has 1 N–H and O–H groups in total. The van der Waals surface area contributed by atoms with Gasteiger partial charge in [0.1, 0.15) is 0 Å². The van der Waals surface area contributed by atoms with Crippen LogP contribution in [0.3, 0.4) is 0 Å². The number of hydrogen-bond donors (Lipinski definition) is 1. The van der Waals surface area contributed by atoms with E-state index in [0.717, 1.165) is 19.6 Å². The number of rotatable bonds is 3. The van der Waals surface area contributed by atoms with Gasteiger partial charge in [0.2, 0.25) is 0 Å². The van der Waals surface area contributed by atoms with Crippen LogP contribution in [0, 0.1) is 0 Å². The first-order chi connectivity index (χ1) is 9.40. The Hall–Kier alpha value is -1.62. The highest BCUT2D eigenvalue weighted by atomic mass is 15.3. The fourth-order valence-electron chi connectivity index (χ4n) is 3.40. The lowest BCUT2D eigenvalue weighted by molar-refractivity contribution is 0.307. The number of likely N-dealkylation sites (tertiary alicyclic amines) is 1. The van der Waals surface area contributed by atoms with Crippen molar-refractivity contribution in [3.8, 4) is 0 Å². The topological polar surface area (TPSA) is 49.7 Å². The minimum absolute atomic E-state index is 0.530. The smallest absolute Gasteiger partial charge is 0.0797 e. The monoisotopic (exact) mass is 257 g/mol. The van der Waals surface area contributed by atoms with Crippen LogP contribution in [0.1, 0.15) is 35.8 Å². The SMILES string of the molecule is c1cnn(C2CCN(Cc3n[nH]c4c3CCC4)C2)c1. The Kier molecular flexibility index (Phi) is 2.65. The van der Waals surface area contributed by atoms with Gasteiger partial charge in [-0.15, -0.1) is 0 Å². The lowest BCUT2D eigenvalue weighted by Gasteiger charge is -2.15. The van der Waals surface area contributed by atoms with Crippen LogP contribution in [-0.2, 0) is 19.4 Å². The highest BCUT2D eigenvalue weighted by molar-refractivity contribution is 5.29. The fraction of sp³-hybridized carbons (Fsp3) is 0.571. The zero-order valence-corrected chi connectivity index (χ0v) is 11.0. The molecule has 1 unspecified atom stereocenters. The number of hydrogen-bond acceptors (Lipinski definition) is 3. The molecule has 0 bridgehead atoms. The van der Waals surface area contributed by atoms with Crippen LogP contribution >= 0.6 is 0 Å². The van der Waals surface area contributed by atoms with Gasteiger partial charge in [0, 0.05) is 37.7 Å². The standard InChI is InChI=1S/C14H19N5/c1-3-12-13(4-1)16-17-14(12)10-18-8-5-11(9-18)19-7-2-6-15-19/h2,6-7,11H,1,3-5,8-10H2,(H,16,17). The van der Waals surface area contributed by atoms with Crippen LogP contribution in [0.25, 0.3) is 0 Å². The van der Waals surface area contributed by atoms with Gasteiger partial charge in [-0.3, -0.25) is 14.7 Å². The third kappa shape index (κ3) is 1.98. The van der Waals surface area contributed by atoms with Crippen LogP contribution in [0.15, 0.2) is 18.5 Å². The van der Waals surface area contributed by atoms with Gasteiger partial charge in [0.15, 0.2) is 0 Å². The van der Waals surface area contributed by atoms with E-state index in [-0.39, 0.29) is 0 Å². The first-order valence-electron chi connectivity index (χ1n) is 7.16. The molecule has 1 aliphatic heterocycles. The van der Waals surface area contributed by atoms with Crippen molar-refractivity contribution in [2.75, 3.05) is 13.1 Å². The molecule has 5 nitrogen and oxygen atoms in total. The van der Waals surface area contributed by atoms with Crippen LogP contribution in [0.5, 0.6) is 0 Å². The van der Waals surface area contributed by atoms with Crippen molar-refractivity contribution >= 4 is 0 Å². The first-order valence-corrected chi connectivity index (χ1v) is 7.16. The summed E-state index contributed by atoms with van der Waals surface area (Å²) in [7, 11) is 0. The number of aromatic amines is 1. The summed E-state index contributed by atoms with van der Waals surface area (Å²) in [5.41, 5.74) is 4.13. The predicted octanol–water partition coefficient (Wildman–Crippen LogP) is 1.54. The summed E-state index contributed by atoms with van der Waals surface area (Å²) in [5, 5.41) is 12.1. The van der Waals surface area contributed by atoms with Gasteiger partial charge in [-0.05, 0) is 37.3 Å². The van der Waals surface area contributed by atoms with Gasteiger partial charge in [-0.1, -0.05) is 0 Å². The second-order valence-corrected chi connectivity index (χ2v) is 5.64. The van der Waals surface area contributed by atoms with E-state index in [9.17, 15) is 0 Å². The van der Waals surface area contributed by atoms with Crippen molar-refractivity contribution in [2.45, 2.75) is 38.3 Å². The molecule has 1 saturated heterocycles. The molecule has 2 aliphatic rings. The predicted molar refractivity (Wildman–Crippen MR) is 71.8 cm³/mol. The molecular formula is C14H19N5. The average Bonchev–Trinajstić information content (AvgIpc) is 3.15. The molecule has 1 atom stereocenters. The van der Waals surface area contributed by atoms with Gasteiger partial charge in [-0.2, -0.15) is 10.2 Å². The Morgan fingerprint density at radius 1 is 1.37 bits per heavy atom. The molecule has 1 aliphatic carbocycles. The Morgan fingerprint density at radius 3 is 3.26 bits per heavy atom. The molecule has 0 aromatic carbocycles. The Balaban J connectivity index is 1.44. The first kappa shape index (κ1) is 11.2. The molecule has 19 heavy (non-hydrogen) atoms. The maximum Gasteiger partial charge on any atom is 0.0797 e. The minimum Gasteiger partial charge on any atom is -0.295 e. The summed E-state index contributed by atoms with van der Waals surface area (Å²) in [6.07, 6.45) is 8.79. The molecule has 2 aromatic rings. The summed E-state index contributed by atoms with van der Waals surface area (Å²) >= 11 is 0. The van der Waals surface area contributed by atoms with Crippen molar-refractivity contribution in [3.05, 3.63) is 35.4 Å². The minimum atomic E-state index is 0.530. The quantitative estimate of drug-likeness (QED) is 0.907. The molecule has 2 aromatic heterocycles. The van der Waals surface area contributed by atoms with Gasteiger partial charge in [0.05, 0.1) is 11.7 Å². The molecule has 0 spiro atoms. The molecule has 1 fully saturated rings. The van der Waals surface area contributed by atoms with Crippen molar-refractivity contribution in [2.24, 2.45) is 0 Å². The molecular weight excluding hydrogens is 238 g/mol. The number of nitrogens with one attached hydrogen (secondary N) is 1. The lowest BCUT2D eigenvalue weighted by Crippen LogP contribution is -2.22. The number of fused-ring (bicyclic) bond motifs is 1. The number of aromatic nitrogens is 4. The second-order valence-electron chi connectivity index (χ2n) is 5.64. The Morgan fingerprint density at radius 2 is 2.37 bits per heavy atom. The fourth-order valence-corrected chi connectivity index (χ4v) is 3.40. The molecule has 3 heterocycles. The molecule has 4 rings (SSSR count). The normalized spacial score (nSPS) is 23.1. The van der Waals surface area contributed by atoms with Crippen LogP contribution in [0.2, 0.25) is 0 Å².